The average Bonchev–Trinajstić information content (AvgIpc) is 3.06. The minimum absolute atomic E-state index is 0.309. The maximum absolute atomic E-state index is 12.6. The van der Waals surface area contributed by atoms with Gasteiger partial charge in [-0.1, -0.05) is 23.7 Å². The Morgan fingerprint density at radius 1 is 1.00 bits per heavy atom. The van der Waals surface area contributed by atoms with E-state index in [4.69, 9.17) is 11.6 Å². The number of rotatable bonds is 1. The number of carbonyl (C=O) groups is 2. The number of aliphatic hydroxyl groups excluding tert-OH is 2. The Bertz CT molecular complexity index is 616. The summed E-state index contributed by atoms with van der Waals surface area (Å²) in [5.74, 6) is -2.35. The SMILES string of the molecule is O=C1[C@@H]2[C@@H]3C[C@@H]([C@H](O)[C@H]3O)[C@@H]2C(=O)N1c1ccccc1Cl. The number of halogens is 1. The summed E-state index contributed by atoms with van der Waals surface area (Å²) in [6, 6.07) is 6.71. The van der Waals surface area contributed by atoms with Gasteiger partial charge in [0.05, 0.1) is 34.8 Å². The number of para-hydroxylation sites is 1. The highest BCUT2D eigenvalue weighted by atomic mass is 35.5. The molecular formula is C15H14ClNO4. The normalized spacial score (nSPS) is 41.0. The second kappa shape index (κ2) is 4.29. The molecule has 1 aromatic carbocycles. The molecule has 1 aromatic rings. The monoisotopic (exact) mass is 307 g/mol. The first kappa shape index (κ1) is 13.2. The summed E-state index contributed by atoms with van der Waals surface area (Å²) in [4.78, 5) is 26.4. The van der Waals surface area contributed by atoms with Gasteiger partial charge < -0.3 is 10.2 Å². The lowest BCUT2D eigenvalue weighted by atomic mass is 9.78. The summed E-state index contributed by atoms with van der Waals surface area (Å²) in [6.07, 6.45) is -1.30. The van der Waals surface area contributed by atoms with Crippen molar-refractivity contribution in [3.63, 3.8) is 0 Å². The molecule has 6 atom stereocenters. The van der Waals surface area contributed by atoms with Gasteiger partial charge in [0.2, 0.25) is 11.8 Å². The zero-order chi connectivity index (χ0) is 14.9. The maximum atomic E-state index is 12.6. The van der Waals surface area contributed by atoms with Crippen molar-refractivity contribution in [1.82, 2.24) is 0 Å². The van der Waals surface area contributed by atoms with E-state index in [9.17, 15) is 19.8 Å². The summed E-state index contributed by atoms with van der Waals surface area (Å²) in [5, 5.41) is 20.3. The van der Waals surface area contributed by atoms with E-state index in [1.165, 1.54) is 0 Å². The van der Waals surface area contributed by atoms with Crippen molar-refractivity contribution in [2.75, 3.05) is 4.90 Å². The predicted molar refractivity (Wildman–Crippen MR) is 74.5 cm³/mol. The van der Waals surface area contributed by atoms with Crippen LogP contribution in [0.15, 0.2) is 24.3 Å². The fourth-order valence-electron chi connectivity index (χ4n) is 4.30. The molecule has 110 valence electrons. The summed E-state index contributed by atoms with van der Waals surface area (Å²) >= 11 is 6.09. The van der Waals surface area contributed by atoms with E-state index in [1.807, 2.05) is 0 Å². The highest BCUT2D eigenvalue weighted by Crippen LogP contribution is 2.57. The summed E-state index contributed by atoms with van der Waals surface area (Å²) in [7, 11) is 0. The number of carbonyl (C=O) groups excluding carboxylic acids is 2. The van der Waals surface area contributed by atoms with Gasteiger partial charge in [0.15, 0.2) is 0 Å². The van der Waals surface area contributed by atoms with Crippen LogP contribution in [0.4, 0.5) is 5.69 Å². The highest BCUT2D eigenvalue weighted by Gasteiger charge is 2.67. The molecule has 2 bridgehead atoms. The number of aliphatic hydroxyl groups is 2. The minimum Gasteiger partial charge on any atom is -0.390 e. The lowest BCUT2D eigenvalue weighted by Gasteiger charge is -2.29. The first-order valence-electron chi connectivity index (χ1n) is 7.01. The van der Waals surface area contributed by atoms with Crippen LogP contribution in [0.3, 0.4) is 0 Å². The van der Waals surface area contributed by atoms with Crippen LogP contribution < -0.4 is 4.90 Å². The Kier molecular flexibility index (Phi) is 2.70. The first-order chi connectivity index (χ1) is 10.0. The number of nitrogens with zero attached hydrogens (tertiary/aromatic N) is 1. The zero-order valence-corrected chi connectivity index (χ0v) is 11.8. The van der Waals surface area contributed by atoms with Gasteiger partial charge in [0.1, 0.15) is 0 Å². The molecule has 0 unspecified atom stereocenters. The quantitative estimate of drug-likeness (QED) is 0.753. The molecule has 21 heavy (non-hydrogen) atoms. The van der Waals surface area contributed by atoms with Gasteiger partial charge >= 0.3 is 0 Å². The molecule has 0 radical (unpaired) electrons. The van der Waals surface area contributed by atoms with E-state index in [2.05, 4.69) is 0 Å². The van der Waals surface area contributed by atoms with Gasteiger partial charge in [-0.3, -0.25) is 9.59 Å². The van der Waals surface area contributed by atoms with Gasteiger partial charge in [-0.2, -0.15) is 0 Å². The molecule has 0 aromatic heterocycles. The smallest absolute Gasteiger partial charge is 0.238 e. The highest BCUT2D eigenvalue weighted by molar-refractivity contribution is 6.36. The molecule has 2 aliphatic carbocycles. The Labute approximate surface area is 126 Å². The van der Waals surface area contributed by atoms with Crippen LogP contribution in [-0.2, 0) is 9.59 Å². The van der Waals surface area contributed by atoms with Gasteiger partial charge in [0, 0.05) is 11.8 Å². The molecule has 1 heterocycles. The molecule has 0 spiro atoms. The van der Waals surface area contributed by atoms with Crippen LogP contribution in [0.1, 0.15) is 6.42 Å². The lowest BCUT2D eigenvalue weighted by molar-refractivity contribution is -0.129. The van der Waals surface area contributed by atoms with Gasteiger partial charge in [0.25, 0.3) is 0 Å². The minimum atomic E-state index is -0.917. The van der Waals surface area contributed by atoms with Crippen LogP contribution in [-0.4, -0.2) is 34.2 Å². The van der Waals surface area contributed by atoms with Crippen molar-refractivity contribution < 1.29 is 19.8 Å². The Balaban J connectivity index is 1.77. The average molecular weight is 308 g/mol. The van der Waals surface area contributed by atoms with E-state index < -0.39 is 24.0 Å². The molecule has 5 nitrogen and oxygen atoms in total. The van der Waals surface area contributed by atoms with Crippen molar-refractivity contribution in [1.29, 1.82) is 0 Å². The van der Waals surface area contributed by atoms with Crippen LogP contribution in [0.25, 0.3) is 0 Å². The van der Waals surface area contributed by atoms with Crippen molar-refractivity contribution in [2.45, 2.75) is 18.6 Å². The number of anilines is 1. The number of hydrogen-bond acceptors (Lipinski definition) is 4. The third-order valence-corrected chi connectivity index (χ3v) is 5.51. The second-order valence-corrected chi connectivity index (χ2v) is 6.47. The molecule has 2 N–H and O–H groups in total. The van der Waals surface area contributed by atoms with E-state index >= 15 is 0 Å². The van der Waals surface area contributed by atoms with E-state index in [0.717, 1.165) is 4.90 Å². The summed E-state index contributed by atoms with van der Waals surface area (Å²) in [6.45, 7) is 0. The molecule has 3 fully saturated rings. The van der Waals surface area contributed by atoms with Crippen molar-refractivity contribution in [3.05, 3.63) is 29.3 Å². The maximum Gasteiger partial charge on any atom is 0.238 e. The second-order valence-electron chi connectivity index (χ2n) is 6.06. The number of fused-ring (bicyclic) bond motifs is 5. The van der Waals surface area contributed by atoms with Gasteiger partial charge in [-0.05, 0) is 18.6 Å². The summed E-state index contributed by atoms with van der Waals surface area (Å²) in [5.41, 5.74) is 0.381. The van der Waals surface area contributed by atoms with E-state index in [1.54, 1.807) is 24.3 Å². The molecule has 6 heteroatoms. The number of hydrogen-bond donors (Lipinski definition) is 2. The number of amides is 2. The molecule has 1 aliphatic heterocycles. The van der Waals surface area contributed by atoms with Crippen LogP contribution in [0, 0.1) is 23.7 Å². The molecule has 3 aliphatic rings. The molecule has 2 saturated carbocycles. The van der Waals surface area contributed by atoms with Crippen LogP contribution >= 0.6 is 11.6 Å². The third kappa shape index (κ3) is 1.54. The van der Waals surface area contributed by atoms with Crippen LogP contribution in [0.5, 0.6) is 0 Å². The molecular weight excluding hydrogens is 294 g/mol. The summed E-state index contributed by atoms with van der Waals surface area (Å²) < 4.78 is 0. The topological polar surface area (TPSA) is 77.8 Å². The van der Waals surface area contributed by atoms with Crippen LogP contribution in [0.2, 0.25) is 5.02 Å². The molecule has 2 amide bonds. The van der Waals surface area contributed by atoms with E-state index in [-0.39, 0.29) is 23.7 Å². The third-order valence-electron chi connectivity index (χ3n) is 5.19. The largest absolute Gasteiger partial charge is 0.390 e. The number of benzene rings is 1. The Morgan fingerprint density at radius 2 is 1.52 bits per heavy atom. The predicted octanol–water partition coefficient (Wildman–Crippen LogP) is 0.817. The first-order valence-corrected chi connectivity index (χ1v) is 7.38. The molecule has 4 rings (SSSR count). The Morgan fingerprint density at radius 3 is 2.05 bits per heavy atom. The fourth-order valence-corrected chi connectivity index (χ4v) is 4.52. The van der Waals surface area contributed by atoms with Crippen molar-refractivity contribution in [2.24, 2.45) is 23.7 Å². The Hall–Kier alpha value is -1.43. The van der Waals surface area contributed by atoms with E-state index in [0.29, 0.717) is 17.1 Å². The zero-order valence-electron chi connectivity index (χ0n) is 11.0. The van der Waals surface area contributed by atoms with Gasteiger partial charge in [-0.15, -0.1) is 0 Å². The standard InChI is InChI=1S/C15H14ClNO4/c16-8-3-1-2-4-9(8)17-14(20)10-6-5-7(11(10)15(17)21)13(19)12(6)18/h1-4,6-7,10-13,18-19H,5H2/t6-,7+,10+,11-,12-,13-/m0/s1. The van der Waals surface area contributed by atoms with Crippen molar-refractivity contribution in [3.8, 4) is 0 Å². The van der Waals surface area contributed by atoms with Crippen molar-refractivity contribution >= 4 is 29.1 Å². The van der Waals surface area contributed by atoms with Gasteiger partial charge in [-0.25, -0.2) is 4.90 Å². The fraction of sp³-hybridized carbons (Fsp3) is 0.467. The molecule has 1 saturated heterocycles. The number of imide groups is 1. The lowest BCUT2D eigenvalue weighted by Crippen LogP contribution is -2.43.